The van der Waals surface area contributed by atoms with Crippen molar-refractivity contribution in [2.24, 2.45) is 0 Å². The van der Waals surface area contributed by atoms with Crippen LogP contribution in [-0.4, -0.2) is 36.3 Å². The van der Waals surface area contributed by atoms with E-state index in [9.17, 15) is 4.79 Å². The van der Waals surface area contributed by atoms with Gasteiger partial charge in [-0.1, -0.05) is 12.1 Å². The molecule has 2 aromatic rings. The number of ether oxygens (including phenoxy) is 1. The zero-order valence-corrected chi connectivity index (χ0v) is 16.6. The van der Waals surface area contributed by atoms with Crippen LogP contribution in [0.4, 0.5) is 5.82 Å². The molecule has 3 rings (SSSR count). The van der Waals surface area contributed by atoms with Crippen molar-refractivity contribution in [1.29, 1.82) is 0 Å². The first-order valence-corrected chi connectivity index (χ1v) is 8.90. The summed E-state index contributed by atoms with van der Waals surface area (Å²) >= 11 is 0. The van der Waals surface area contributed by atoms with Crippen LogP contribution in [0.25, 0.3) is 0 Å². The summed E-state index contributed by atoms with van der Waals surface area (Å²) in [5.41, 5.74) is 1.38. The number of pyridine rings is 1. The second-order valence-electron chi connectivity index (χ2n) is 7.72. The summed E-state index contributed by atoms with van der Waals surface area (Å²) in [6.45, 7) is 9.94. The van der Waals surface area contributed by atoms with E-state index in [1.165, 1.54) is 7.11 Å². The molecule has 1 fully saturated rings. The Labute approximate surface area is 160 Å². The molecule has 6 nitrogen and oxygen atoms in total. The van der Waals surface area contributed by atoms with Crippen LogP contribution in [0.3, 0.4) is 0 Å². The predicted octanol–water partition coefficient (Wildman–Crippen LogP) is 2.95. The summed E-state index contributed by atoms with van der Waals surface area (Å²) in [6.07, 6.45) is 1.70. The van der Waals surface area contributed by atoms with E-state index >= 15 is 0 Å². The van der Waals surface area contributed by atoms with Gasteiger partial charge in [-0.3, -0.25) is 4.79 Å². The van der Waals surface area contributed by atoms with E-state index in [0.717, 1.165) is 11.0 Å². The maximum absolute atomic E-state index is 12.6. The van der Waals surface area contributed by atoms with Crippen LogP contribution in [0.2, 0.25) is 0 Å². The molecule has 1 saturated heterocycles. The first-order chi connectivity index (χ1) is 12.6. The van der Waals surface area contributed by atoms with Crippen molar-refractivity contribution in [2.45, 2.75) is 45.8 Å². The lowest BCUT2D eigenvalue weighted by Crippen LogP contribution is -2.41. The molecular weight excluding hydrogens is 343 g/mol. The monoisotopic (exact) mass is 368 g/mol. The fourth-order valence-electron chi connectivity index (χ4n) is 2.75. The van der Waals surface area contributed by atoms with Gasteiger partial charge in [0.2, 0.25) is 0 Å². The van der Waals surface area contributed by atoms with E-state index in [2.05, 4.69) is 10.3 Å². The Balaban J connectivity index is 1.82. The number of anilines is 1. The average molecular weight is 368 g/mol. The van der Waals surface area contributed by atoms with Gasteiger partial charge in [0.15, 0.2) is 0 Å². The Morgan fingerprint density at radius 2 is 1.78 bits per heavy atom. The van der Waals surface area contributed by atoms with E-state index in [0.29, 0.717) is 17.1 Å². The summed E-state index contributed by atoms with van der Waals surface area (Å²) in [5.74, 6) is 0.651. The number of nitrogens with zero attached hydrogens (tertiary/aromatic N) is 1. The molecule has 0 aliphatic carbocycles. The predicted molar refractivity (Wildman–Crippen MR) is 106 cm³/mol. The first-order valence-electron chi connectivity index (χ1n) is 8.90. The minimum atomic E-state index is -0.514. The smallest absolute Gasteiger partial charge is 0.494 e. The minimum Gasteiger partial charge on any atom is -0.496 e. The van der Waals surface area contributed by atoms with Crippen molar-refractivity contribution in [2.75, 3.05) is 12.4 Å². The van der Waals surface area contributed by atoms with Crippen molar-refractivity contribution in [3.8, 4) is 5.75 Å². The highest BCUT2D eigenvalue weighted by Crippen LogP contribution is 2.36. The molecule has 0 atom stereocenters. The minimum absolute atomic E-state index is 0.288. The molecule has 0 bridgehead atoms. The molecule has 27 heavy (non-hydrogen) atoms. The largest absolute Gasteiger partial charge is 0.496 e. The van der Waals surface area contributed by atoms with E-state index < -0.39 is 18.3 Å². The first kappa shape index (κ1) is 19.4. The molecular formula is C20H25BN2O4. The number of methoxy groups -OCH3 is 1. The molecule has 1 N–H and O–H groups in total. The highest BCUT2D eigenvalue weighted by atomic mass is 16.7. The van der Waals surface area contributed by atoms with Crippen LogP contribution < -0.4 is 15.5 Å². The van der Waals surface area contributed by atoms with E-state index in [1.54, 1.807) is 24.4 Å². The van der Waals surface area contributed by atoms with Gasteiger partial charge in [-0.25, -0.2) is 4.98 Å². The fraction of sp³-hybridized carbons (Fsp3) is 0.400. The third kappa shape index (κ3) is 3.84. The summed E-state index contributed by atoms with van der Waals surface area (Å²) in [7, 11) is 1.02. The van der Waals surface area contributed by atoms with Gasteiger partial charge >= 0.3 is 7.12 Å². The Kier molecular flexibility index (Phi) is 5.01. The van der Waals surface area contributed by atoms with Crippen LogP contribution in [-0.2, 0) is 9.31 Å². The number of carbonyl (C=O) groups is 1. The maximum atomic E-state index is 12.6. The normalized spacial score (nSPS) is 17.6. The summed E-state index contributed by atoms with van der Waals surface area (Å²) in [6, 6.07) is 8.96. The summed E-state index contributed by atoms with van der Waals surface area (Å²) < 4.78 is 17.6. The molecule has 0 unspecified atom stereocenters. The topological polar surface area (TPSA) is 69.7 Å². The quantitative estimate of drug-likeness (QED) is 0.841. The Morgan fingerprint density at radius 3 is 2.33 bits per heavy atom. The van der Waals surface area contributed by atoms with Crippen LogP contribution in [0, 0.1) is 6.92 Å². The van der Waals surface area contributed by atoms with Gasteiger partial charge < -0.3 is 19.4 Å². The highest BCUT2D eigenvalue weighted by molar-refractivity contribution is 6.62. The molecule has 1 amide bonds. The number of hydrogen-bond acceptors (Lipinski definition) is 5. The fourth-order valence-corrected chi connectivity index (χ4v) is 2.75. The second kappa shape index (κ2) is 6.98. The van der Waals surface area contributed by atoms with Gasteiger partial charge in [0, 0.05) is 6.20 Å². The molecule has 1 aromatic carbocycles. The van der Waals surface area contributed by atoms with Gasteiger partial charge in [0.25, 0.3) is 5.91 Å². The number of rotatable bonds is 4. The molecule has 0 saturated carbocycles. The molecule has 1 aliphatic heterocycles. The molecule has 1 aromatic heterocycles. The maximum Gasteiger partial charge on any atom is 0.494 e. The van der Waals surface area contributed by atoms with Crippen LogP contribution in [0.5, 0.6) is 5.75 Å². The summed E-state index contributed by atoms with van der Waals surface area (Å²) in [5, 5.41) is 2.78. The molecule has 1 aliphatic rings. The number of hydrogen-bond donors (Lipinski definition) is 1. The van der Waals surface area contributed by atoms with E-state index in [-0.39, 0.29) is 5.91 Å². The van der Waals surface area contributed by atoms with Gasteiger partial charge in [-0.15, -0.1) is 0 Å². The Hall–Kier alpha value is -2.38. The van der Waals surface area contributed by atoms with E-state index in [1.807, 2.05) is 46.8 Å². The molecule has 2 heterocycles. The van der Waals surface area contributed by atoms with Crippen LogP contribution in [0.15, 0.2) is 36.5 Å². The van der Waals surface area contributed by atoms with Crippen molar-refractivity contribution in [3.63, 3.8) is 0 Å². The average Bonchev–Trinajstić information content (AvgIpc) is 2.84. The van der Waals surface area contributed by atoms with Gasteiger partial charge in [0.05, 0.1) is 23.9 Å². The Morgan fingerprint density at radius 1 is 1.11 bits per heavy atom. The van der Waals surface area contributed by atoms with Crippen molar-refractivity contribution >= 4 is 24.3 Å². The van der Waals surface area contributed by atoms with Crippen molar-refractivity contribution in [1.82, 2.24) is 4.98 Å². The number of aromatic nitrogens is 1. The van der Waals surface area contributed by atoms with E-state index in [4.69, 9.17) is 14.0 Å². The highest BCUT2D eigenvalue weighted by Gasteiger charge is 2.51. The Bertz CT molecular complexity index is 834. The lowest BCUT2D eigenvalue weighted by Gasteiger charge is -2.32. The number of aryl methyl sites for hydroxylation is 1. The number of amides is 1. The molecule has 142 valence electrons. The third-order valence-corrected chi connectivity index (χ3v) is 5.15. The van der Waals surface area contributed by atoms with Crippen LogP contribution in [0.1, 0.15) is 43.6 Å². The molecule has 0 spiro atoms. The second-order valence-corrected chi connectivity index (χ2v) is 7.72. The SMILES string of the molecule is COc1cc(B2OC(C)(C)C(C)(C)O2)ccc1C(=O)Nc1ccc(C)cn1. The van der Waals surface area contributed by atoms with Crippen molar-refractivity contribution < 1.29 is 18.8 Å². The van der Waals surface area contributed by atoms with Crippen molar-refractivity contribution in [3.05, 3.63) is 47.7 Å². The van der Waals surface area contributed by atoms with Crippen LogP contribution >= 0.6 is 0 Å². The molecule has 7 heteroatoms. The zero-order chi connectivity index (χ0) is 19.8. The van der Waals surface area contributed by atoms with Gasteiger partial charge in [-0.2, -0.15) is 0 Å². The number of carbonyl (C=O) groups excluding carboxylic acids is 1. The van der Waals surface area contributed by atoms with Gasteiger partial charge in [-0.05, 0) is 63.8 Å². The third-order valence-electron chi connectivity index (χ3n) is 5.15. The lowest BCUT2D eigenvalue weighted by molar-refractivity contribution is 0.00578. The lowest BCUT2D eigenvalue weighted by atomic mass is 9.78. The number of benzene rings is 1. The number of nitrogens with one attached hydrogen (secondary N) is 1. The van der Waals surface area contributed by atoms with Gasteiger partial charge in [0.1, 0.15) is 11.6 Å². The zero-order valence-electron chi connectivity index (χ0n) is 16.6. The molecule has 0 radical (unpaired) electrons. The standard InChI is InChI=1S/C20H25BN2O4/c1-13-7-10-17(22-12-13)23-18(24)15-9-8-14(11-16(15)25-6)21-26-19(2,3)20(4,5)27-21/h7-12H,1-6H3,(H,22,23,24). The summed E-state index contributed by atoms with van der Waals surface area (Å²) in [4.78, 5) is 16.8.